The molecule has 0 aromatic heterocycles. The van der Waals surface area contributed by atoms with Gasteiger partial charge in [-0.15, -0.1) is 0 Å². The van der Waals surface area contributed by atoms with Gasteiger partial charge in [-0.1, -0.05) is 100 Å². The monoisotopic (exact) mass is 380 g/mol. The van der Waals surface area contributed by atoms with Gasteiger partial charge in [0.2, 0.25) is 0 Å². The maximum Gasteiger partial charge on any atom is 0.190 e. The van der Waals surface area contributed by atoms with Crippen LogP contribution in [0.3, 0.4) is 0 Å². The zero-order valence-corrected chi connectivity index (χ0v) is 17.3. The van der Waals surface area contributed by atoms with Crippen molar-refractivity contribution in [2.75, 3.05) is 0 Å². The fraction of sp³-hybridized carbons (Fsp3) is 0.417. The third kappa shape index (κ3) is 4.52. The van der Waals surface area contributed by atoms with E-state index in [-0.39, 0.29) is 39.3 Å². The standard InChI is InChI=1S/C24H28O2S/c1-16-21(17-11-7-5-8-12-17)22(18-13-9-6-10-14-18)19(23(16)26)15-20(25)27-24(2,3)4/h5-14,16,19,21-22H,15H2,1-4H3/t16-,19-,21+,22-/m1/s1. The fourth-order valence-electron chi connectivity index (χ4n) is 4.33. The van der Waals surface area contributed by atoms with E-state index < -0.39 is 0 Å². The van der Waals surface area contributed by atoms with Crippen molar-refractivity contribution in [3.8, 4) is 0 Å². The molecular formula is C24H28O2S. The molecule has 4 atom stereocenters. The lowest BCUT2D eigenvalue weighted by atomic mass is 9.77. The first kappa shape index (κ1) is 19.9. The van der Waals surface area contributed by atoms with Gasteiger partial charge in [-0.25, -0.2) is 0 Å². The van der Waals surface area contributed by atoms with E-state index >= 15 is 0 Å². The van der Waals surface area contributed by atoms with Crippen LogP contribution in [0.4, 0.5) is 0 Å². The van der Waals surface area contributed by atoms with Gasteiger partial charge in [-0.2, -0.15) is 0 Å². The third-order valence-corrected chi connectivity index (χ3v) is 6.36. The Morgan fingerprint density at radius 2 is 1.37 bits per heavy atom. The molecule has 0 amide bonds. The summed E-state index contributed by atoms with van der Waals surface area (Å²) in [5, 5.41) is 0.114. The lowest BCUT2D eigenvalue weighted by Gasteiger charge is -2.26. The first-order valence-corrected chi connectivity index (χ1v) is 10.4. The smallest absolute Gasteiger partial charge is 0.190 e. The highest BCUT2D eigenvalue weighted by atomic mass is 32.2. The Hall–Kier alpha value is -1.87. The fourth-order valence-corrected chi connectivity index (χ4v) is 5.28. The highest BCUT2D eigenvalue weighted by Gasteiger charge is 2.49. The number of hydrogen-bond acceptors (Lipinski definition) is 3. The van der Waals surface area contributed by atoms with Crippen molar-refractivity contribution in [3.63, 3.8) is 0 Å². The summed E-state index contributed by atoms with van der Waals surface area (Å²) >= 11 is 1.35. The Morgan fingerprint density at radius 3 is 1.85 bits per heavy atom. The molecule has 3 rings (SSSR count). The lowest BCUT2D eigenvalue weighted by molar-refractivity contribution is -0.126. The number of carbonyl (C=O) groups excluding carboxylic acids is 2. The van der Waals surface area contributed by atoms with Crippen LogP contribution in [-0.4, -0.2) is 15.6 Å². The van der Waals surface area contributed by atoms with E-state index in [1.165, 1.54) is 17.3 Å². The molecule has 3 heteroatoms. The molecule has 0 heterocycles. The average molecular weight is 381 g/mol. The van der Waals surface area contributed by atoms with Crippen LogP contribution in [0.15, 0.2) is 60.7 Å². The van der Waals surface area contributed by atoms with Crippen molar-refractivity contribution in [2.45, 2.75) is 50.7 Å². The highest BCUT2D eigenvalue weighted by Crippen LogP contribution is 2.52. The molecule has 0 aliphatic heterocycles. The van der Waals surface area contributed by atoms with E-state index in [0.29, 0.717) is 6.42 Å². The Kier molecular flexibility index (Phi) is 5.90. The summed E-state index contributed by atoms with van der Waals surface area (Å²) in [6.45, 7) is 8.14. The van der Waals surface area contributed by atoms with Crippen LogP contribution >= 0.6 is 11.8 Å². The van der Waals surface area contributed by atoms with E-state index in [0.717, 1.165) is 5.56 Å². The van der Waals surface area contributed by atoms with Gasteiger partial charge in [0.15, 0.2) is 5.12 Å². The molecule has 2 nitrogen and oxygen atoms in total. The summed E-state index contributed by atoms with van der Waals surface area (Å²) in [6.07, 6.45) is 0.313. The minimum atomic E-state index is -0.255. The molecule has 0 bridgehead atoms. The SMILES string of the molecule is C[C@H]1C(=O)[C@H](CC(=O)SC(C)(C)C)[C@@H](c2ccccc2)[C@@H]1c1ccccc1. The maximum absolute atomic E-state index is 13.2. The third-order valence-electron chi connectivity index (χ3n) is 5.35. The molecular weight excluding hydrogens is 352 g/mol. The number of rotatable bonds is 4. The molecule has 1 fully saturated rings. The molecule has 0 saturated heterocycles. The normalized spacial score (nSPS) is 25.6. The van der Waals surface area contributed by atoms with Crippen molar-refractivity contribution in [1.82, 2.24) is 0 Å². The molecule has 1 aliphatic carbocycles. The van der Waals surface area contributed by atoms with E-state index in [9.17, 15) is 9.59 Å². The predicted octanol–water partition coefficient (Wildman–Crippen LogP) is 5.84. The lowest BCUT2D eigenvalue weighted by Crippen LogP contribution is -2.21. The highest BCUT2D eigenvalue weighted by molar-refractivity contribution is 8.14. The van der Waals surface area contributed by atoms with Gasteiger partial charge in [0, 0.05) is 34.8 Å². The van der Waals surface area contributed by atoms with Gasteiger partial charge < -0.3 is 0 Å². The predicted molar refractivity (Wildman–Crippen MR) is 113 cm³/mol. The van der Waals surface area contributed by atoms with Crippen molar-refractivity contribution < 1.29 is 9.59 Å². The number of thioether (sulfide) groups is 1. The van der Waals surface area contributed by atoms with Crippen LogP contribution in [-0.2, 0) is 9.59 Å². The second kappa shape index (κ2) is 8.02. The molecule has 0 N–H and O–H groups in total. The van der Waals surface area contributed by atoms with Crippen LogP contribution < -0.4 is 0 Å². The van der Waals surface area contributed by atoms with Gasteiger partial charge >= 0.3 is 0 Å². The first-order valence-electron chi connectivity index (χ1n) is 9.63. The molecule has 27 heavy (non-hydrogen) atoms. The summed E-state index contributed by atoms with van der Waals surface area (Å²) in [5.74, 6) is 0.0321. The Morgan fingerprint density at radius 1 is 0.889 bits per heavy atom. The number of benzene rings is 2. The van der Waals surface area contributed by atoms with Crippen LogP contribution in [0, 0.1) is 11.8 Å². The molecule has 0 radical (unpaired) electrons. The Bertz CT molecular complexity index is 792. The van der Waals surface area contributed by atoms with E-state index in [1.807, 2.05) is 64.1 Å². The maximum atomic E-state index is 13.2. The van der Waals surface area contributed by atoms with E-state index in [2.05, 4.69) is 24.3 Å². The second-order valence-corrected chi connectivity index (χ2v) is 10.3. The molecule has 2 aromatic carbocycles. The first-order chi connectivity index (χ1) is 12.8. The molecule has 142 valence electrons. The molecule has 1 aliphatic rings. The zero-order valence-electron chi connectivity index (χ0n) is 16.5. The van der Waals surface area contributed by atoms with E-state index in [4.69, 9.17) is 0 Å². The Labute approximate surface area is 166 Å². The largest absolute Gasteiger partial charge is 0.299 e. The van der Waals surface area contributed by atoms with Crippen molar-refractivity contribution in [3.05, 3.63) is 71.8 Å². The molecule has 0 spiro atoms. The summed E-state index contributed by atoms with van der Waals surface area (Å²) in [5.41, 5.74) is 2.34. The van der Waals surface area contributed by atoms with Gasteiger partial charge in [0.1, 0.15) is 5.78 Å². The van der Waals surface area contributed by atoms with Crippen molar-refractivity contribution in [1.29, 1.82) is 0 Å². The van der Waals surface area contributed by atoms with Gasteiger partial charge in [-0.3, -0.25) is 9.59 Å². The molecule has 0 unspecified atom stereocenters. The van der Waals surface area contributed by atoms with Crippen LogP contribution in [0.25, 0.3) is 0 Å². The van der Waals surface area contributed by atoms with Crippen molar-refractivity contribution in [2.24, 2.45) is 11.8 Å². The van der Waals surface area contributed by atoms with E-state index in [1.54, 1.807) is 0 Å². The summed E-state index contributed by atoms with van der Waals surface area (Å²) in [6, 6.07) is 20.5. The summed E-state index contributed by atoms with van der Waals surface area (Å²) < 4.78 is -0.134. The van der Waals surface area contributed by atoms with Gasteiger partial charge in [0.25, 0.3) is 0 Å². The van der Waals surface area contributed by atoms with Crippen LogP contribution in [0.2, 0.25) is 0 Å². The molecule has 1 saturated carbocycles. The van der Waals surface area contributed by atoms with Gasteiger partial charge in [0.05, 0.1) is 0 Å². The zero-order chi connectivity index (χ0) is 19.6. The number of carbonyl (C=O) groups is 2. The summed E-state index contributed by atoms with van der Waals surface area (Å²) in [4.78, 5) is 25.9. The number of ketones is 1. The summed E-state index contributed by atoms with van der Waals surface area (Å²) in [7, 11) is 0. The van der Waals surface area contributed by atoms with Gasteiger partial charge in [-0.05, 0) is 11.1 Å². The topological polar surface area (TPSA) is 34.1 Å². The Balaban J connectivity index is 1.98. The average Bonchev–Trinajstić information content (AvgIpc) is 2.86. The number of hydrogen-bond donors (Lipinski definition) is 0. The minimum Gasteiger partial charge on any atom is -0.299 e. The molecule has 2 aromatic rings. The second-order valence-electron chi connectivity index (χ2n) is 8.46. The quantitative estimate of drug-likeness (QED) is 0.668. The van der Waals surface area contributed by atoms with Crippen LogP contribution in [0.5, 0.6) is 0 Å². The minimum absolute atomic E-state index is 0.0422. The number of Topliss-reactive ketones (excluding diaryl/α,β-unsaturated/α-hetero) is 1. The van der Waals surface area contributed by atoms with Crippen molar-refractivity contribution >= 4 is 22.7 Å². The van der Waals surface area contributed by atoms with Crippen LogP contribution in [0.1, 0.15) is 57.1 Å².